The van der Waals surface area contributed by atoms with E-state index in [1.165, 1.54) is 0 Å². The molecule has 0 aliphatic carbocycles. The first-order valence-corrected chi connectivity index (χ1v) is 7.13. The van der Waals surface area contributed by atoms with E-state index in [2.05, 4.69) is 15.1 Å². The smallest absolute Gasteiger partial charge is 0.193 e. The fourth-order valence-corrected chi connectivity index (χ4v) is 3.07. The molecule has 4 aromatic heterocycles. The van der Waals surface area contributed by atoms with Gasteiger partial charge in [-0.25, -0.2) is 9.50 Å². The van der Waals surface area contributed by atoms with Gasteiger partial charge in [0.15, 0.2) is 4.96 Å². The van der Waals surface area contributed by atoms with E-state index in [-0.39, 0.29) is 6.04 Å². The van der Waals surface area contributed by atoms with Crippen molar-refractivity contribution in [3.05, 3.63) is 53.8 Å². The van der Waals surface area contributed by atoms with Crippen molar-refractivity contribution in [2.45, 2.75) is 12.5 Å². The molecule has 100 valence electrons. The van der Waals surface area contributed by atoms with Gasteiger partial charge in [0.25, 0.3) is 0 Å². The van der Waals surface area contributed by atoms with Crippen molar-refractivity contribution in [3.8, 4) is 0 Å². The molecule has 0 fully saturated rings. The molecule has 2 N–H and O–H groups in total. The molecule has 0 radical (unpaired) electrons. The summed E-state index contributed by atoms with van der Waals surface area (Å²) in [6.07, 6.45) is 11.8. The maximum Gasteiger partial charge on any atom is 0.193 e. The molecule has 0 amide bonds. The first-order valence-electron chi connectivity index (χ1n) is 6.25. The van der Waals surface area contributed by atoms with Crippen LogP contribution in [0.1, 0.15) is 17.3 Å². The van der Waals surface area contributed by atoms with Crippen molar-refractivity contribution in [1.29, 1.82) is 0 Å². The number of hydrogen-bond acceptors (Lipinski definition) is 5. The maximum atomic E-state index is 6.30. The molecule has 0 spiro atoms. The van der Waals surface area contributed by atoms with E-state index in [0.29, 0.717) is 6.42 Å². The molecule has 0 bridgehead atoms. The minimum Gasteiger partial charge on any atom is -0.324 e. The number of nitrogens with zero attached hydrogens (tertiary/aromatic N) is 5. The van der Waals surface area contributed by atoms with Crippen molar-refractivity contribution in [3.63, 3.8) is 0 Å². The van der Waals surface area contributed by atoms with Gasteiger partial charge in [-0.15, -0.1) is 11.3 Å². The Labute approximate surface area is 118 Å². The van der Waals surface area contributed by atoms with Gasteiger partial charge >= 0.3 is 0 Å². The third-order valence-electron chi connectivity index (χ3n) is 3.33. The summed E-state index contributed by atoms with van der Waals surface area (Å²) >= 11 is 1.62. The molecule has 6 nitrogen and oxygen atoms in total. The predicted molar refractivity (Wildman–Crippen MR) is 76.7 cm³/mol. The van der Waals surface area contributed by atoms with E-state index < -0.39 is 0 Å². The number of rotatable bonds is 3. The van der Waals surface area contributed by atoms with Crippen LogP contribution in [0, 0.1) is 0 Å². The van der Waals surface area contributed by atoms with Gasteiger partial charge in [-0.1, -0.05) is 0 Å². The van der Waals surface area contributed by atoms with Crippen molar-refractivity contribution in [2.75, 3.05) is 0 Å². The topological polar surface area (TPSA) is 73.5 Å². The normalized spacial score (nSPS) is 13.2. The molecule has 0 aliphatic rings. The third kappa shape index (κ3) is 1.79. The van der Waals surface area contributed by atoms with Crippen LogP contribution in [0.4, 0.5) is 0 Å². The summed E-state index contributed by atoms with van der Waals surface area (Å²) < 4.78 is 3.80. The second-order valence-corrected chi connectivity index (χ2v) is 5.51. The van der Waals surface area contributed by atoms with Crippen molar-refractivity contribution < 1.29 is 0 Å². The highest BCUT2D eigenvalue weighted by atomic mass is 32.1. The molecule has 4 aromatic rings. The molecule has 20 heavy (non-hydrogen) atoms. The highest BCUT2D eigenvalue weighted by molar-refractivity contribution is 7.15. The van der Waals surface area contributed by atoms with Crippen LogP contribution in [0.15, 0.2) is 42.6 Å². The van der Waals surface area contributed by atoms with E-state index in [1.54, 1.807) is 34.4 Å². The lowest BCUT2D eigenvalue weighted by atomic mass is 10.1. The zero-order chi connectivity index (χ0) is 13.5. The highest BCUT2D eigenvalue weighted by Crippen LogP contribution is 2.21. The van der Waals surface area contributed by atoms with Crippen molar-refractivity contribution in [2.24, 2.45) is 5.73 Å². The average molecular weight is 284 g/mol. The van der Waals surface area contributed by atoms with Gasteiger partial charge in [-0.05, 0) is 0 Å². The minimum atomic E-state index is -0.138. The predicted octanol–water partition coefficient (Wildman–Crippen LogP) is 1.68. The summed E-state index contributed by atoms with van der Waals surface area (Å²) in [6.45, 7) is 0. The van der Waals surface area contributed by atoms with Gasteiger partial charge in [0, 0.05) is 48.2 Å². The summed E-state index contributed by atoms with van der Waals surface area (Å²) in [5, 5.41) is 6.30. The third-order valence-corrected chi connectivity index (χ3v) is 4.10. The average Bonchev–Trinajstić information content (AvgIpc) is 3.10. The molecule has 0 aromatic carbocycles. The number of nitrogens with two attached hydrogens (primary N) is 1. The Balaban J connectivity index is 1.66. The number of imidazole rings is 1. The van der Waals surface area contributed by atoms with Gasteiger partial charge in [-0.2, -0.15) is 5.10 Å². The highest BCUT2D eigenvalue weighted by Gasteiger charge is 2.15. The molecule has 0 saturated carbocycles. The summed E-state index contributed by atoms with van der Waals surface area (Å²) in [7, 11) is 0. The van der Waals surface area contributed by atoms with E-state index in [1.807, 2.05) is 28.4 Å². The Kier molecular flexibility index (Phi) is 2.54. The number of thiazole rings is 1. The second-order valence-electron chi connectivity index (χ2n) is 4.64. The minimum absolute atomic E-state index is 0.138. The van der Waals surface area contributed by atoms with Crippen molar-refractivity contribution >= 4 is 21.8 Å². The van der Waals surface area contributed by atoms with Crippen LogP contribution in [0.2, 0.25) is 0 Å². The summed E-state index contributed by atoms with van der Waals surface area (Å²) in [4.78, 5) is 9.68. The fraction of sp³-hybridized carbons (Fsp3) is 0.154. The number of hydrogen-bond donors (Lipinski definition) is 1. The van der Waals surface area contributed by atoms with Crippen LogP contribution < -0.4 is 5.73 Å². The first-order chi connectivity index (χ1) is 9.81. The molecular weight excluding hydrogens is 272 g/mol. The van der Waals surface area contributed by atoms with E-state index >= 15 is 0 Å². The van der Waals surface area contributed by atoms with Crippen LogP contribution in [-0.2, 0) is 6.42 Å². The van der Waals surface area contributed by atoms with Crippen molar-refractivity contribution in [1.82, 2.24) is 24.0 Å². The Morgan fingerprint density at radius 3 is 3.15 bits per heavy atom. The van der Waals surface area contributed by atoms with Crippen LogP contribution in [0.3, 0.4) is 0 Å². The number of aromatic nitrogens is 5. The lowest BCUT2D eigenvalue weighted by molar-refractivity contribution is 0.715. The van der Waals surface area contributed by atoms with Gasteiger partial charge in [-0.3, -0.25) is 9.38 Å². The van der Waals surface area contributed by atoms with Gasteiger partial charge in [0.1, 0.15) is 0 Å². The fourth-order valence-electron chi connectivity index (χ4n) is 2.35. The largest absolute Gasteiger partial charge is 0.324 e. The molecule has 1 atom stereocenters. The molecular formula is C13H12N6S. The van der Waals surface area contributed by atoms with Crippen LogP contribution >= 0.6 is 11.3 Å². The molecule has 1 unspecified atom stereocenters. The van der Waals surface area contributed by atoms with Crippen LogP contribution in [-0.4, -0.2) is 24.0 Å². The lowest BCUT2D eigenvalue weighted by Gasteiger charge is -2.07. The zero-order valence-electron chi connectivity index (χ0n) is 10.5. The summed E-state index contributed by atoms with van der Waals surface area (Å²) in [5.74, 6) is 0. The van der Waals surface area contributed by atoms with E-state index in [9.17, 15) is 0 Å². The quantitative estimate of drug-likeness (QED) is 0.621. The standard InChI is InChI=1S/C13H12N6S/c14-11(5-9-8-18-3-4-20-13(18)17-9)10-6-16-19-2-1-15-7-12(10)19/h1-4,6-8,11H,5,14H2. The maximum absolute atomic E-state index is 6.30. The Morgan fingerprint density at radius 1 is 1.30 bits per heavy atom. The Bertz CT molecular complexity index is 845. The summed E-state index contributed by atoms with van der Waals surface area (Å²) in [6, 6.07) is -0.138. The molecule has 0 saturated heterocycles. The van der Waals surface area contributed by atoms with Gasteiger partial charge in [0.05, 0.1) is 23.6 Å². The lowest BCUT2D eigenvalue weighted by Crippen LogP contribution is -2.13. The van der Waals surface area contributed by atoms with Crippen LogP contribution in [0.5, 0.6) is 0 Å². The first kappa shape index (κ1) is 11.6. The zero-order valence-corrected chi connectivity index (χ0v) is 11.4. The van der Waals surface area contributed by atoms with E-state index in [4.69, 9.17) is 5.73 Å². The van der Waals surface area contributed by atoms with E-state index in [0.717, 1.165) is 21.7 Å². The SMILES string of the molecule is NC(Cc1cn2ccsc2n1)c1cnn2ccncc12. The van der Waals surface area contributed by atoms with Gasteiger partial charge < -0.3 is 5.73 Å². The Morgan fingerprint density at radius 2 is 2.25 bits per heavy atom. The molecule has 7 heteroatoms. The molecule has 4 heterocycles. The van der Waals surface area contributed by atoms with Gasteiger partial charge in [0.2, 0.25) is 0 Å². The number of fused-ring (bicyclic) bond motifs is 2. The Hall–Kier alpha value is -2.25. The molecule has 4 rings (SSSR count). The second kappa shape index (κ2) is 4.39. The van der Waals surface area contributed by atoms with Crippen LogP contribution in [0.25, 0.3) is 10.5 Å². The summed E-state index contributed by atoms with van der Waals surface area (Å²) in [5.41, 5.74) is 9.23. The molecule has 0 aliphatic heterocycles. The monoisotopic (exact) mass is 284 g/mol.